The highest BCUT2D eigenvalue weighted by Crippen LogP contribution is 2.27. The minimum atomic E-state index is -3.75. The first kappa shape index (κ1) is 19.0. The number of hydrogen-bond acceptors (Lipinski definition) is 5. The molecule has 0 amide bonds. The topological polar surface area (TPSA) is 81.2 Å². The number of ether oxygens (including phenoxy) is 1. The second-order valence-electron chi connectivity index (χ2n) is 6.17. The third kappa shape index (κ3) is 4.32. The van der Waals surface area contributed by atoms with Crippen molar-refractivity contribution >= 4 is 10.0 Å². The van der Waals surface area contributed by atoms with E-state index in [1.54, 1.807) is 18.2 Å². The summed E-state index contributed by atoms with van der Waals surface area (Å²) < 4.78 is 33.4. The lowest BCUT2D eigenvalue weighted by Gasteiger charge is -2.13. The Morgan fingerprint density at radius 2 is 1.70 bits per heavy atom. The van der Waals surface area contributed by atoms with Crippen molar-refractivity contribution in [2.45, 2.75) is 25.3 Å². The summed E-state index contributed by atoms with van der Waals surface area (Å²) in [6.07, 6.45) is 1.43. The molecule has 7 heteroatoms. The molecule has 3 aromatic rings. The van der Waals surface area contributed by atoms with Crippen LogP contribution in [-0.4, -0.2) is 25.5 Å². The maximum absolute atomic E-state index is 12.8. The summed E-state index contributed by atoms with van der Waals surface area (Å²) in [4.78, 5) is 8.54. The van der Waals surface area contributed by atoms with Crippen molar-refractivity contribution in [2.75, 3.05) is 7.11 Å². The summed E-state index contributed by atoms with van der Waals surface area (Å²) in [5.41, 5.74) is 4.11. The molecule has 0 aliphatic rings. The third-order valence-corrected chi connectivity index (χ3v) is 5.73. The Balaban J connectivity index is 1.84. The van der Waals surface area contributed by atoms with Crippen molar-refractivity contribution < 1.29 is 13.2 Å². The predicted molar refractivity (Wildman–Crippen MR) is 104 cm³/mol. The average Bonchev–Trinajstić information content (AvgIpc) is 2.69. The van der Waals surface area contributed by atoms with Gasteiger partial charge >= 0.3 is 0 Å². The maximum Gasteiger partial charge on any atom is 0.244 e. The summed E-state index contributed by atoms with van der Waals surface area (Å²) in [5.74, 6) is 0.318. The van der Waals surface area contributed by atoms with Gasteiger partial charge in [-0.25, -0.2) is 23.1 Å². The highest BCUT2D eigenvalue weighted by molar-refractivity contribution is 7.89. The number of aryl methyl sites for hydroxylation is 2. The molecule has 0 aliphatic heterocycles. The maximum atomic E-state index is 12.8. The highest BCUT2D eigenvalue weighted by atomic mass is 32.2. The largest absolute Gasteiger partial charge is 0.495 e. The van der Waals surface area contributed by atoms with E-state index in [1.165, 1.54) is 13.4 Å². The van der Waals surface area contributed by atoms with Crippen molar-refractivity contribution in [3.05, 3.63) is 71.7 Å². The number of methoxy groups -OCH3 is 1. The van der Waals surface area contributed by atoms with E-state index in [1.807, 2.05) is 44.2 Å². The molecule has 0 saturated heterocycles. The van der Waals surface area contributed by atoms with Gasteiger partial charge < -0.3 is 4.74 Å². The lowest BCUT2D eigenvalue weighted by Crippen LogP contribution is -2.24. The molecule has 0 bridgehead atoms. The number of hydrogen-bond donors (Lipinski definition) is 1. The van der Waals surface area contributed by atoms with Crippen molar-refractivity contribution in [1.29, 1.82) is 0 Å². The molecular formula is C20H21N3O3S. The number of aromatic nitrogens is 2. The third-order valence-electron chi connectivity index (χ3n) is 4.31. The molecule has 1 aromatic heterocycles. The molecule has 3 rings (SSSR count). The van der Waals surface area contributed by atoms with E-state index in [-0.39, 0.29) is 11.4 Å². The minimum Gasteiger partial charge on any atom is -0.495 e. The molecule has 1 heterocycles. The molecule has 0 aliphatic carbocycles. The predicted octanol–water partition coefficient (Wildman–Crippen LogP) is 3.25. The van der Waals surface area contributed by atoms with Gasteiger partial charge in [0, 0.05) is 5.56 Å². The van der Waals surface area contributed by atoms with Crippen LogP contribution in [0.3, 0.4) is 0 Å². The van der Waals surface area contributed by atoms with Gasteiger partial charge in [0.2, 0.25) is 10.0 Å². The smallest absolute Gasteiger partial charge is 0.244 e. The Bertz CT molecular complexity index is 1050. The quantitative estimate of drug-likeness (QED) is 0.707. The lowest BCUT2D eigenvalue weighted by atomic mass is 10.1. The van der Waals surface area contributed by atoms with Gasteiger partial charge in [-0.1, -0.05) is 30.3 Å². The van der Waals surface area contributed by atoms with Crippen LogP contribution >= 0.6 is 0 Å². The average molecular weight is 383 g/mol. The first-order valence-electron chi connectivity index (χ1n) is 8.42. The number of benzene rings is 2. The zero-order valence-electron chi connectivity index (χ0n) is 15.4. The zero-order chi connectivity index (χ0) is 19.4. The second kappa shape index (κ2) is 7.85. The van der Waals surface area contributed by atoms with Crippen LogP contribution in [0.25, 0.3) is 11.3 Å². The molecular weight excluding hydrogens is 362 g/mol. The molecule has 0 unspecified atom stereocenters. The van der Waals surface area contributed by atoms with Crippen LogP contribution in [0, 0.1) is 13.8 Å². The molecule has 2 aromatic carbocycles. The number of rotatable bonds is 6. The molecule has 0 saturated carbocycles. The Hall–Kier alpha value is -2.77. The summed E-state index contributed by atoms with van der Waals surface area (Å²) >= 11 is 0. The fourth-order valence-corrected chi connectivity index (χ4v) is 3.87. The normalized spacial score (nSPS) is 11.4. The number of nitrogens with zero attached hydrogens (tertiary/aromatic N) is 2. The van der Waals surface area contributed by atoms with Crippen molar-refractivity contribution in [2.24, 2.45) is 0 Å². The molecule has 1 N–H and O–H groups in total. The molecule has 0 fully saturated rings. The van der Waals surface area contributed by atoms with Crippen LogP contribution < -0.4 is 9.46 Å². The van der Waals surface area contributed by atoms with Crippen LogP contribution in [-0.2, 0) is 16.6 Å². The standard InChI is InChI=1S/C20H21N3O3S/c1-14-9-19(26-3)20(10-15(14)2)27(24,25)23-12-17-11-18(22-13-21-17)16-7-5-4-6-8-16/h4-11,13,23H,12H2,1-3H3. The van der Waals surface area contributed by atoms with Gasteiger partial charge in [-0.3, -0.25) is 0 Å². The summed E-state index contributed by atoms with van der Waals surface area (Å²) in [5, 5.41) is 0. The van der Waals surface area contributed by atoms with Crippen LogP contribution in [0.2, 0.25) is 0 Å². The van der Waals surface area contributed by atoms with Gasteiger partial charge in [0.1, 0.15) is 17.0 Å². The van der Waals surface area contributed by atoms with E-state index in [9.17, 15) is 8.42 Å². The van der Waals surface area contributed by atoms with Gasteiger partial charge in [-0.05, 0) is 43.2 Å². The highest BCUT2D eigenvalue weighted by Gasteiger charge is 2.20. The van der Waals surface area contributed by atoms with E-state index in [0.717, 1.165) is 22.4 Å². The van der Waals surface area contributed by atoms with Crippen molar-refractivity contribution in [1.82, 2.24) is 14.7 Å². The van der Waals surface area contributed by atoms with E-state index < -0.39 is 10.0 Å². The van der Waals surface area contributed by atoms with E-state index in [4.69, 9.17) is 4.74 Å². The first-order chi connectivity index (χ1) is 12.9. The zero-order valence-corrected chi connectivity index (χ0v) is 16.2. The molecule has 0 spiro atoms. The fourth-order valence-electron chi connectivity index (χ4n) is 2.64. The first-order valence-corrected chi connectivity index (χ1v) is 9.90. The van der Waals surface area contributed by atoms with Gasteiger partial charge in [0.15, 0.2) is 0 Å². The van der Waals surface area contributed by atoms with Crippen molar-refractivity contribution in [3.63, 3.8) is 0 Å². The van der Waals surface area contributed by atoms with Crippen LogP contribution in [0.4, 0.5) is 0 Å². The van der Waals surface area contributed by atoms with Gasteiger partial charge in [0.25, 0.3) is 0 Å². The lowest BCUT2D eigenvalue weighted by molar-refractivity contribution is 0.401. The van der Waals surface area contributed by atoms with E-state index in [2.05, 4.69) is 14.7 Å². The van der Waals surface area contributed by atoms with Gasteiger partial charge in [-0.2, -0.15) is 0 Å². The number of nitrogens with one attached hydrogen (secondary N) is 1. The Morgan fingerprint density at radius 3 is 2.41 bits per heavy atom. The molecule has 27 heavy (non-hydrogen) atoms. The SMILES string of the molecule is COc1cc(C)c(C)cc1S(=O)(=O)NCc1cc(-c2ccccc2)ncn1. The molecule has 0 radical (unpaired) electrons. The Morgan fingerprint density at radius 1 is 1.00 bits per heavy atom. The molecule has 0 atom stereocenters. The van der Waals surface area contributed by atoms with E-state index >= 15 is 0 Å². The number of sulfonamides is 1. The van der Waals surface area contributed by atoms with E-state index in [0.29, 0.717) is 11.4 Å². The van der Waals surface area contributed by atoms with Crippen LogP contribution in [0.5, 0.6) is 5.75 Å². The van der Waals surface area contributed by atoms with Crippen molar-refractivity contribution in [3.8, 4) is 17.0 Å². The Labute approximate surface area is 159 Å². The van der Waals surface area contributed by atoms with Gasteiger partial charge in [0.05, 0.1) is 25.0 Å². The molecule has 6 nitrogen and oxygen atoms in total. The summed E-state index contributed by atoms with van der Waals surface area (Å²) in [6, 6.07) is 14.8. The monoisotopic (exact) mass is 383 g/mol. The fraction of sp³-hybridized carbons (Fsp3) is 0.200. The van der Waals surface area contributed by atoms with Crippen LogP contribution in [0.15, 0.2) is 59.8 Å². The minimum absolute atomic E-state index is 0.0563. The summed E-state index contributed by atoms with van der Waals surface area (Å²) in [6.45, 7) is 3.83. The molecule has 140 valence electrons. The second-order valence-corrected chi connectivity index (χ2v) is 7.91. The summed E-state index contributed by atoms with van der Waals surface area (Å²) in [7, 11) is -2.30. The Kier molecular flexibility index (Phi) is 5.53. The van der Waals surface area contributed by atoms with Gasteiger partial charge in [-0.15, -0.1) is 0 Å². The van der Waals surface area contributed by atoms with Crippen LogP contribution in [0.1, 0.15) is 16.8 Å².